The fourth-order valence-corrected chi connectivity index (χ4v) is 2.90. The lowest BCUT2D eigenvalue weighted by Crippen LogP contribution is -2.51. The van der Waals surface area contributed by atoms with Crippen LogP contribution in [0.1, 0.15) is 19.8 Å². The summed E-state index contributed by atoms with van der Waals surface area (Å²) in [7, 11) is 0. The van der Waals surface area contributed by atoms with Crippen molar-refractivity contribution < 1.29 is 9.90 Å². The number of hydrogen-bond acceptors (Lipinski definition) is 2. The molecule has 1 fully saturated rings. The molecule has 6 heteroatoms. The summed E-state index contributed by atoms with van der Waals surface area (Å²) in [6.07, 6.45) is 1.96. The fraction of sp³-hybridized carbons (Fsp3) is 0.500. The van der Waals surface area contributed by atoms with E-state index in [1.807, 2.05) is 6.92 Å². The van der Waals surface area contributed by atoms with E-state index in [1.165, 1.54) is 0 Å². The molecule has 20 heavy (non-hydrogen) atoms. The van der Waals surface area contributed by atoms with Gasteiger partial charge in [0.05, 0.1) is 23.4 Å². The molecule has 0 saturated carbocycles. The molecule has 0 aromatic heterocycles. The molecule has 2 amide bonds. The van der Waals surface area contributed by atoms with Crippen LogP contribution >= 0.6 is 23.2 Å². The molecule has 0 spiro atoms. The number of nitrogens with one attached hydrogen (secondary N) is 1. The Morgan fingerprint density at radius 1 is 1.50 bits per heavy atom. The summed E-state index contributed by atoms with van der Waals surface area (Å²) in [6.45, 7) is 2.66. The van der Waals surface area contributed by atoms with Gasteiger partial charge in [0.1, 0.15) is 0 Å². The molecule has 0 radical (unpaired) electrons. The normalized spacial score (nSPS) is 22.7. The van der Waals surface area contributed by atoms with Crippen LogP contribution < -0.4 is 5.32 Å². The summed E-state index contributed by atoms with van der Waals surface area (Å²) in [5.41, 5.74) is 0.485. The lowest BCUT2D eigenvalue weighted by molar-refractivity contribution is 0.0811. The average Bonchev–Trinajstić information content (AvgIpc) is 2.42. The van der Waals surface area contributed by atoms with Crippen LogP contribution in [0.2, 0.25) is 10.0 Å². The molecule has 110 valence electrons. The number of likely N-dealkylation sites (tertiary alicyclic amines) is 1. The van der Waals surface area contributed by atoms with Gasteiger partial charge in [-0.05, 0) is 37.0 Å². The van der Waals surface area contributed by atoms with Crippen LogP contribution in [-0.4, -0.2) is 35.2 Å². The lowest BCUT2D eigenvalue weighted by Gasteiger charge is -2.38. The number of urea groups is 1. The standard InChI is InChI=1S/C14H18Cl2N2O2/c1-9-3-2-6-18(13(9)8-19)14(20)17-12-7-10(15)4-5-11(12)16/h4-5,7,9,13,19H,2-3,6,8H2,1H3,(H,17,20). The van der Waals surface area contributed by atoms with Gasteiger partial charge in [0, 0.05) is 11.6 Å². The first-order valence-electron chi connectivity index (χ1n) is 6.66. The number of aliphatic hydroxyl groups is 1. The quantitative estimate of drug-likeness (QED) is 0.875. The number of nitrogens with zero attached hydrogens (tertiary/aromatic N) is 1. The van der Waals surface area contributed by atoms with Crippen LogP contribution in [-0.2, 0) is 0 Å². The molecular formula is C14H18Cl2N2O2. The zero-order valence-corrected chi connectivity index (χ0v) is 12.8. The Balaban J connectivity index is 2.12. The second kappa shape index (κ2) is 6.66. The number of carbonyl (C=O) groups excluding carboxylic acids is 1. The fourth-order valence-electron chi connectivity index (χ4n) is 2.56. The summed E-state index contributed by atoms with van der Waals surface area (Å²) >= 11 is 11.9. The number of hydrogen-bond donors (Lipinski definition) is 2. The molecular weight excluding hydrogens is 299 g/mol. The first-order valence-corrected chi connectivity index (χ1v) is 7.42. The van der Waals surface area contributed by atoms with Gasteiger partial charge in [0.2, 0.25) is 0 Å². The smallest absolute Gasteiger partial charge is 0.322 e. The van der Waals surface area contributed by atoms with E-state index in [-0.39, 0.29) is 24.6 Å². The number of benzene rings is 1. The van der Waals surface area contributed by atoms with Crippen molar-refractivity contribution in [3.8, 4) is 0 Å². The minimum absolute atomic E-state index is 0.0299. The van der Waals surface area contributed by atoms with E-state index in [2.05, 4.69) is 5.32 Å². The molecule has 1 aromatic rings. The maximum Gasteiger partial charge on any atom is 0.322 e. The van der Waals surface area contributed by atoms with Crippen molar-refractivity contribution in [3.05, 3.63) is 28.2 Å². The summed E-state index contributed by atoms with van der Waals surface area (Å²) in [5.74, 6) is 0.286. The van der Waals surface area contributed by atoms with E-state index >= 15 is 0 Å². The first-order chi connectivity index (χ1) is 9.52. The highest BCUT2D eigenvalue weighted by Crippen LogP contribution is 2.28. The number of anilines is 1. The molecule has 1 heterocycles. The summed E-state index contributed by atoms with van der Waals surface area (Å²) in [6, 6.07) is 4.52. The Hall–Kier alpha value is -0.970. The highest BCUT2D eigenvalue weighted by atomic mass is 35.5. The van der Waals surface area contributed by atoms with Gasteiger partial charge in [-0.1, -0.05) is 30.1 Å². The SMILES string of the molecule is CC1CCCN(C(=O)Nc2cc(Cl)ccc2Cl)C1CO. The number of rotatable bonds is 2. The largest absolute Gasteiger partial charge is 0.394 e. The Bertz CT molecular complexity index is 496. The number of amides is 2. The van der Waals surface area contributed by atoms with Gasteiger partial charge in [-0.2, -0.15) is 0 Å². The van der Waals surface area contributed by atoms with E-state index in [4.69, 9.17) is 23.2 Å². The molecule has 1 aliphatic rings. The predicted octanol–water partition coefficient (Wildman–Crippen LogP) is 3.62. The number of halogens is 2. The van der Waals surface area contributed by atoms with Crippen LogP contribution in [0.15, 0.2) is 18.2 Å². The summed E-state index contributed by atoms with van der Waals surface area (Å²) in [4.78, 5) is 14.0. The molecule has 4 nitrogen and oxygen atoms in total. The second-order valence-electron chi connectivity index (χ2n) is 5.12. The molecule has 2 unspecified atom stereocenters. The third kappa shape index (κ3) is 3.37. The maximum absolute atomic E-state index is 12.3. The van der Waals surface area contributed by atoms with Crippen molar-refractivity contribution in [1.29, 1.82) is 0 Å². The summed E-state index contributed by atoms with van der Waals surface area (Å²) < 4.78 is 0. The number of aliphatic hydroxyl groups excluding tert-OH is 1. The minimum atomic E-state index is -0.250. The Morgan fingerprint density at radius 2 is 2.25 bits per heavy atom. The molecule has 1 saturated heterocycles. The topological polar surface area (TPSA) is 52.6 Å². The van der Waals surface area contributed by atoms with E-state index in [9.17, 15) is 9.90 Å². The molecule has 2 N–H and O–H groups in total. The predicted molar refractivity (Wildman–Crippen MR) is 81.5 cm³/mol. The van der Waals surface area contributed by atoms with Crippen LogP contribution in [0, 0.1) is 5.92 Å². The molecule has 0 aliphatic carbocycles. The lowest BCUT2D eigenvalue weighted by atomic mass is 9.91. The van der Waals surface area contributed by atoms with Crippen LogP contribution in [0.3, 0.4) is 0 Å². The zero-order valence-electron chi connectivity index (χ0n) is 11.3. The Labute approximate surface area is 128 Å². The molecule has 2 rings (SSSR count). The highest BCUT2D eigenvalue weighted by molar-refractivity contribution is 6.35. The van der Waals surface area contributed by atoms with Crippen LogP contribution in [0.25, 0.3) is 0 Å². The van der Waals surface area contributed by atoms with Gasteiger partial charge in [-0.3, -0.25) is 0 Å². The summed E-state index contributed by atoms with van der Waals surface area (Å²) in [5, 5.41) is 13.2. The first kappa shape index (κ1) is 15.4. The second-order valence-corrected chi connectivity index (χ2v) is 5.96. The van der Waals surface area contributed by atoms with E-state index in [1.54, 1.807) is 23.1 Å². The molecule has 1 aromatic carbocycles. The van der Waals surface area contributed by atoms with Crippen molar-refractivity contribution in [2.45, 2.75) is 25.8 Å². The van der Waals surface area contributed by atoms with Gasteiger partial charge in [-0.15, -0.1) is 0 Å². The van der Waals surface area contributed by atoms with Gasteiger partial charge >= 0.3 is 6.03 Å². The van der Waals surface area contributed by atoms with Gasteiger partial charge in [-0.25, -0.2) is 4.79 Å². The molecule has 1 aliphatic heterocycles. The highest BCUT2D eigenvalue weighted by Gasteiger charge is 2.31. The third-order valence-electron chi connectivity index (χ3n) is 3.73. The number of piperidine rings is 1. The molecule has 0 bridgehead atoms. The van der Waals surface area contributed by atoms with Crippen molar-refractivity contribution in [2.75, 3.05) is 18.5 Å². The monoisotopic (exact) mass is 316 g/mol. The van der Waals surface area contributed by atoms with Gasteiger partial charge in [0.25, 0.3) is 0 Å². The van der Waals surface area contributed by atoms with Crippen molar-refractivity contribution >= 4 is 34.9 Å². The molecule has 2 atom stereocenters. The third-order valence-corrected chi connectivity index (χ3v) is 4.30. The average molecular weight is 317 g/mol. The van der Waals surface area contributed by atoms with Crippen molar-refractivity contribution in [1.82, 2.24) is 4.90 Å². The van der Waals surface area contributed by atoms with E-state index in [0.29, 0.717) is 22.3 Å². The van der Waals surface area contributed by atoms with E-state index in [0.717, 1.165) is 12.8 Å². The van der Waals surface area contributed by atoms with Gasteiger partial charge < -0.3 is 15.3 Å². The Kier molecular flexibility index (Phi) is 5.13. The Morgan fingerprint density at radius 3 is 2.95 bits per heavy atom. The van der Waals surface area contributed by atoms with Gasteiger partial charge in [0.15, 0.2) is 0 Å². The van der Waals surface area contributed by atoms with Crippen LogP contribution in [0.5, 0.6) is 0 Å². The maximum atomic E-state index is 12.3. The zero-order chi connectivity index (χ0) is 14.7. The van der Waals surface area contributed by atoms with E-state index < -0.39 is 0 Å². The van der Waals surface area contributed by atoms with Crippen molar-refractivity contribution in [2.24, 2.45) is 5.92 Å². The minimum Gasteiger partial charge on any atom is -0.394 e. The van der Waals surface area contributed by atoms with Crippen molar-refractivity contribution in [3.63, 3.8) is 0 Å². The van der Waals surface area contributed by atoms with Crippen LogP contribution in [0.4, 0.5) is 10.5 Å². The number of carbonyl (C=O) groups is 1.